The summed E-state index contributed by atoms with van der Waals surface area (Å²) in [6, 6.07) is 16.0. The highest BCUT2D eigenvalue weighted by Gasteiger charge is 2.06. The maximum atomic E-state index is 11.8. The fourth-order valence-electron chi connectivity index (χ4n) is 1.60. The number of anilines is 1. The Bertz CT molecular complexity index is 597. The number of hydrogen-bond donors (Lipinski definition) is 2. The Morgan fingerprint density at radius 1 is 1.05 bits per heavy atom. The van der Waals surface area contributed by atoms with Gasteiger partial charge in [0.05, 0.1) is 7.11 Å². The summed E-state index contributed by atoms with van der Waals surface area (Å²) >= 11 is 5.16. The van der Waals surface area contributed by atoms with Crippen LogP contribution in [0.1, 0.15) is 5.56 Å². The highest BCUT2D eigenvalue weighted by atomic mass is 32.1. The lowest BCUT2D eigenvalue weighted by Gasteiger charge is -2.09. The van der Waals surface area contributed by atoms with Gasteiger partial charge in [-0.25, -0.2) is 4.79 Å². The van der Waals surface area contributed by atoms with Crippen LogP contribution in [0.5, 0.6) is 5.75 Å². The molecule has 2 amide bonds. The molecular formula is C15H14N2O2S. The zero-order chi connectivity index (χ0) is 14.4. The molecule has 2 rings (SSSR count). The van der Waals surface area contributed by atoms with Crippen molar-refractivity contribution in [1.29, 1.82) is 0 Å². The third-order valence-corrected chi connectivity index (χ3v) is 2.95. The standard InChI is InChI=1S/C15H14N2O2S/c1-19-13-9-7-12(8-10-13)16-15(18)17-14(20)11-5-3-2-4-6-11/h2-10H,1H3,(H2,16,17,18,20). The molecule has 2 aromatic carbocycles. The first-order valence-electron chi connectivity index (χ1n) is 6.00. The highest BCUT2D eigenvalue weighted by molar-refractivity contribution is 7.80. The lowest BCUT2D eigenvalue weighted by molar-refractivity contribution is 0.256. The van der Waals surface area contributed by atoms with Crippen molar-refractivity contribution in [3.8, 4) is 5.75 Å². The van der Waals surface area contributed by atoms with E-state index in [1.54, 1.807) is 31.4 Å². The Kier molecular flexibility index (Phi) is 4.68. The predicted molar refractivity (Wildman–Crippen MR) is 83.3 cm³/mol. The van der Waals surface area contributed by atoms with Crippen molar-refractivity contribution in [2.24, 2.45) is 0 Å². The molecule has 0 radical (unpaired) electrons. The number of carbonyl (C=O) groups is 1. The first-order chi connectivity index (χ1) is 9.69. The molecule has 0 spiro atoms. The van der Waals surface area contributed by atoms with Gasteiger partial charge in [0, 0.05) is 11.3 Å². The Hall–Kier alpha value is -2.40. The summed E-state index contributed by atoms with van der Waals surface area (Å²) in [6.45, 7) is 0. The van der Waals surface area contributed by atoms with Crippen molar-refractivity contribution in [3.63, 3.8) is 0 Å². The van der Waals surface area contributed by atoms with Crippen LogP contribution in [-0.4, -0.2) is 18.1 Å². The number of urea groups is 1. The Balaban J connectivity index is 1.93. The van der Waals surface area contributed by atoms with E-state index in [-0.39, 0.29) is 6.03 Å². The molecule has 0 fully saturated rings. The molecule has 0 aromatic heterocycles. The highest BCUT2D eigenvalue weighted by Crippen LogP contribution is 2.14. The molecule has 2 aromatic rings. The van der Waals surface area contributed by atoms with Crippen molar-refractivity contribution >= 4 is 28.9 Å². The Morgan fingerprint density at radius 2 is 1.70 bits per heavy atom. The molecule has 2 N–H and O–H groups in total. The number of nitrogens with one attached hydrogen (secondary N) is 2. The normalized spacial score (nSPS) is 9.65. The van der Waals surface area contributed by atoms with Crippen LogP contribution in [-0.2, 0) is 0 Å². The van der Waals surface area contributed by atoms with Crippen molar-refractivity contribution in [3.05, 3.63) is 60.2 Å². The SMILES string of the molecule is COc1ccc(NC(=O)NC(=S)c2ccccc2)cc1. The van der Waals surface area contributed by atoms with Crippen molar-refractivity contribution in [1.82, 2.24) is 5.32 Å². The zero-order valence-corrected chi connectivity index (χ0v) is 11.7. The van der Waals surface area contributed by atoms with E-state index in [0.717, 1.165) is 11.3 Å². The van der Waals surface area contributed by atoms with Gasteiger partial charge in [0.15, 0.2) is 0 Å². The molecule has 0 bridgehead atoms. The Morgan fingerprint density at radius 3 is 2.30 bits per heavy atom. The summed E-state index contributed by atoms with van der Waals surface area (Å²) in [5.74, 6) is 0.732. The van der Waals surface area contributed by atoms with E-state index >= 15 is 0 Å². The van der Waals surface area contributed by atoms with Crippen LogP contribution in [0.15, 0.2) is 54.6 Å². The van der Waals surface area contributed by atoms with Gasteiger partial charge in [0.2, 0.25) is 0 Å². The molecule has 0 unspecified atom stereocenters. The monoisotopic (exact) mass is 286 g/mol. The molecule has 0 aliphatic carbocycles. The largest absolute Gasteiger partial charge is 0.497 e. The molecule has 5 heteroatoms. The summed E-state index contributed by atoms with van der Waals surface area (Å²) in [7, 11) is 1.59. The summed E-state index contributed by atoms with van der Waals surface area (Å²) in [6.07, 6.45) is 0. The molecule has 4 nitrogen and oxygen atoms in total. The summed E-state index contributed by atoms with van der Waals surface area (Å²) in [5.41, 5.74) is 1.46. The quantitative estimate of drug-likeness (QED) is 0.852. The second-order valence-electron chi connectivity index (χ2n) is 4.00. The summed E-state index contributed by atoms with van der Waals surface area (Å²) in [5, 5.41) is 5.32. The average Bonchev–Trinajstić information content (AvgIpc) is 2.49. The molecular weight excluding hydrogens is 272 g/mol. The molecule has 102 valence electrons. The fourth-order valence-corrected chi connectivity index (χ4v) is 1.83. The molecule has 0 atom stereocenters. The number of amides is 2. The summed E-state index contributed by atoms with van der Waals surface area (Å²) < 4.78 is 5.05. The second-order valence-corrected chi connectivity index (χ2v) is 4.41. The van der Waals surface area contributed by atoms with Gasteiger partial charge in [-0.1, -0.05) is 42.5 Å². The number of hydrogen-bond acceptors (Lipinski definition) is 3. The van der Waals surface area contributed by atoms with Crippen LogP contribution in [0, 0.1) is 0 Å². The number of carbonyl (C=O) groups excluding carboxylic acids is 1. The van der Waals surface area contributed by atoms with E-state index in [1.165, 1.54) is 0 Å². The van der Waals surface area contributed by atoms with E-state index in [9.17, 15) is 4.79 Å². The molecule has 0 aliphatic heterocycles. The van der Waals surface area contributed by atoms with E-state index < -0.39 is 0 Å². The van der Waals surface area contributed by atoms with Crippen molar-refractivity contribution < 1.29 is 9.53 Å². The Labute approximate surface area is 122 Å². The molecule has 20 heavy (non-hydrogen) atoms. The third-order valence-electron chi connectivity index (χ3n) is 2.61. The lowest BCUT2D eigenvalue weighted by atomic mass is 10.2. The third kappa shape index (κ3) is 3.80. The van der Waals surface area contributed by atoms with Crippen molar-refractivity contribution in [2.45, 2.75) is 0 Å². The molecule has 0 saturated carbocycles. The zero-order valence-electron chi connectivity index (χ0n) is 10.9. The number of methoxy groups -OCH3 is 1. The van der Waals surface area contributed by atoms with Crippen LogP contribution < -0.4 is 15.4 Å². The minimum absolute atomic E-state index is 0.371. The van der Waals surface area contributed by atoms with Crippen LogP contribution in [0.25, 0.3) is 0 Å². The van der Waals surface area contributed by atoms with Gasteiger partial charge in [-0.3, -0.25) is 5.32 Å². The van der Waals surface area contributed by atoms with Crippen LogP contribution in [0.2, 0.25) is 0 Å². The molecule has 0 saturated heterocycles. The number of ether oxygens (including phenoxy) is 1. The number of rotatable bonds is 3. The fraction of sp³-hybridized carbons (Fsp3) is 0.0667. The van der Waals surface area contributed by atoms with Gasteiger partial charge >= 0.3 is 6.03 Å². The average molecular weight is 286 g/mol. The predicted octanol–water partition coefficient (Wildman–Crippen LogP) is 3.19. The first kappa shape index (κ1) is 14.0. The van der Waals surface area contributed by atoms with E-state index in [0.29, 0.717) is 10.7 Å². The topological polar surface area (TPSA) is 50.4 Å². The van der Waals surface area contributed by atoms with E-state index in [1.807, 2.05) is 30.3 Å². The maximum absolute atomic E-state index is 11.8. The number of benzene rings is 2. The molecule has 0 aliphatic rings. The minimum atomic E-state index is -0.371. The van der Waals surface area contributed by atoms with Gasteiger partial charge < -0.3 is 10.1 Å². The van der Waals surface area contributed by atoms with Gasteiger partial charge in [0.25, 0.3) is 0 Å². The second kappa shape index (κ2) is 6.68. The van der Waals surface area contributed by atoms with Gasteiger partial charge in [0.1, 0.15) is 10.7 Å². The van der Waals surface area contributed by atoms with Crippen molar-refractivity contribution in [2.75, 3.05) is 12.4 Å². The maximum Gasteiger partial charge on any atom is 0.324 e. The lowest BCUT2D eigenvalue weighted by Crippen LogP contribution is -2.33. The van der Waals surface area contributed by atoms with Gasteiger partial charge in [-0.2, -0.15) is 0 Å². The van der Waals surface area contributed by atoms with E-state index in [2.05, 4.69) is 10.6 Å². The first-order valence-corrected chi connectivity index (χ1v) is 6.41. The van der Waals surface area contributed by atoms with Crippen LogP contribution in [0.3, 0.4) is 0 Å². The van der Waals surface area contributed by atoms with Crippen LogP contribution in [0.4, 0.5) is 10.5 Å². The number of thiocarbonyl (C=S) groups is 1. The minimum Gasteiger partial charge on any atom is -0.497 e. The van der Waals surface area contributed by atoms with Crippen LogP contribution >= 0.6 is 12.2 Å². The van der Waals surface area contributed by atoms with Gasteiger partial charge in [-0.05, 0) is 24.3 Å². The van der Waals surface area contributed by atoms with E-state index in [4.69, 9.17) is 17.0 Å². The molecule has 0 heterocycles. The summed E-state index contributed by atoms with van der Waals surface area (Å²) in [4.78, 5) is 12.2. The van der Waals surface area contributed by atoms with Gasteiger partial charge in [-0.15, -0.1) is 0 Å². The smallest absolute Gasteiger partial charge is 0.324 e.